The number of esters is 1. The first-order valence-corrected chi connectivity index (χ1v) is 6.36. The predicted octanol–water partition coefficient (Wildman–Crippen LogP) is 1.28. The van der Waals surface area contributed by atoms with Crippen molar-refractivity contribution in [2.45, 2.75) is 18.9 Å². The summed E-state index contributed by atoms with van der Waals surface area (Å²) >= 11 is 1.40. The molecule has 0 saturated heterocycles. The van der Waals surface area contributed by atoms with Gasteiger partial charge in [-0.1, -0.05) is 0 Å². The molecule has 8 heteroatoms. The van der Waals surface area contributed by atoms with Crippen molar-refractivity contribution in [2.24, 2.45) is 0 Å². The van der Waals surface area contributed by atoms with Crippen molar-refractivity contribution in [3.8, 4) is 0 Å². The number of anilines is 1. The zero-order valence-corrected chi connectivity index (χ0v) is 11.0. The van der Waals surface area contributed by atoms with Crippen molar-refractivity contribution < 1.29 is 24.2 Å². The van der Waals surface area contributed by atoms with Crippen LogP contribution in [0, 0.1) is 0 Å². The molecule has 0 spiro atoms. The lowest BCUT2D eigenvalue weighted by Gasteiger charge is -2.14. The Kier molecular flexibility index (Phi) is 5.80. The van der Waals surface area contributed by atoms with Gasteiger partial charge in [-0.05, 0) is 17.9 Å². The number of amides is 2. The SMILES string of the molecule is COC(=O)CC[C@H](NC(=O)Nc1ccsc1)C(=O)O. The normalized spacial score (nSPS) is 11.4. The molecule has 1 heterocycles. The van der Waals surface area contributed by atoms with Gasteiger partial charge in [0.15, 0.2) is 0 Å². The van der Waals surface area contributed by atoms with E-state index in [-0.39, 0.29) is 12.8 Å². The second-order valence-electron chi connectivity index (χ2n) is 3.62. The Labute approximate surface area is 113 Å². The number of rotatable bonds is 6. The second-order valence-corrected chi connectivity index (χ2v) is 4.40. The molecule has 0 aliphatic carbocycles. The Balaban J connectivity index is 2.46. The molecule has 2 amide bonds. The van der Waals surface area contributed by atoms with Crippen molar-refractivity contribution >= 4 is 35.0 Å². The molecule has 7 nitrogen and oxygen atoms in total. The molecule has 19 heavy (non-hydrogen) atoms. The van der Waals surface area contributed by atoms with Crippen molar-refractivity contribution in [2.75, 3.05) is 12.4 Å². The van der Waals surface area contributed by atoms with Crippen LogP contribution in [0.1, 0.15) is 12.8 Å². The lowest BCUT2D eigenvalue weighted by Crippen LogP contribution is -2.43. The molecule has 104 valence electrons. The highest BCUT2D eigenvalue weighted by atomic mass is 32.1. The van der Waals surface area contributed by atoms with E-state index in [4.69, 9.17) is 5.11 Å². The molecule has 1 atom stereocenters. The minimum Gasteiger partial charge on any atom is -0.480 e. The van der Waals surface area contributed by atoms with Gasteiger partial charge in [-0.15, -0.1) is 0 Å². The van der Waals surface area contributed by atoms with Gasteiger partial charge in [0.2, 0.25) is 0 Å². The number of thiophene rings is 1. The summed E-state index contributed by atoms with van der Waals surface area (Å²) in [4.78, 5) is 33.4. The Morgan fingerprint density at radius 2 is 2.21 bits per heavy atom. The number of carboxylic acid groups (broad SMARTS) is 1. The van der Waals surface area contributed by atoms with Crippen LogP contribution in [0.15, 0.2) is 16.8 Å². The average Bonchev–Trinajstić information content (AvgIpc) is 2.86. The largest absolute Gasteiger partial charge is 0.480 e. The number of hydrogen-bond donors (Lipinski definition) is 3. The highest BCUT2D eigenvalue weighted by molar-refractivity contribution is 7.08. The summed E-state index contributed by atoms with van der Waals surface area (Å²) in [6.45, 7) is 0. The topological polar surface area (TPSA) is 105 Å². The summed E-state index contributed by atoms with van der Waals surface area (Å²) in [5.74, 6) is -1.73. The van der Waals surface area contributed by atoms with Crippen LogP contribution in [0.4, 0.5) is 10.5 Å². The highest BCUT2D eigenvalue weighted by Gasteiger charge is 2.21. The lowest BCUT2D eigenvalue weighted by molar-refractivity contribution is -0.142. The van der Waals surface area contributed by atoms with E-state index < -0.39 is 24.0 Å². The minimum atomic E-state index is -1.20. The van der Waals surface area contributed by atoms with Crippen LogP contribution >= 0.6 is 11.3 Å². The lowest BCUT2D eigenvalue weighted by atomic mass is 10.1. The summed E-state index contributed by atoms with van der Waals surface area (Å²) in [5, 5.41) is 17.2. The van der Waals surface area contributed by atoms with E-state index in [1.165, 1.54) is 18.4 Å². The molecule has 0 fully saturated rings. The third-order valence-electron chi connectivity index (χ3n) is 2.25. The molecular weight excluding hydrogens is 272 g/mol. The fraction of sp³-hybridized carbons (Fsp3) is 0.364. The molecule has 1 aromatic heterocycles. The number of urea groups is 1. The van der Waals surface area contributed by atoms with Crippen LogP contribution in [-0.2, 0) is 14.3 Å². The van der Waals surface area contributed by atoms with Gasteiger partial charge in [-0.2, -0.15) is 11.3 Å². The van der Waals surface area contributed by atoms with Gasteiger partial charge in [0.05, 0.1) is 12.8 Å². The van der Waals surface area contributed by atoms with Crippen molar-refractivity contribution in [1.82, 2.24) is 5.32 Å². The summed E-state index contributed by atoms with van der Waals surface area (Å²) < 4.78 is 4.41. The maximum Gasteiger partial charge on any atom is 0.326 e. The van der Waals surface area contributed by atoms with Crippen LogP contribution in [0.5, 0.6) is 0 Å². The minimum absolute atomic E-state index is 0.0287. The van der Waals surface area contributed by atoms with Crippen molar-refractivity contribution in [1.29, 1.82) is 0 Å². The van der Waals surface area contributed by atoms with Gasteiger partial charge in [0.25, 0.3) is 0 Å². The molecule has 1 aromatic rings. The highest BCUT2D eigenvalue weighted by Crippen LogP contribution is 2.11. The maximum atomic E-state index is 11.5. The number of ether oxygens (including phenoxy) is 1. The summed E-state index contributed by atoms with van der Waals surface area (Å²) in [6.07, 6.45) is -0.106. The van der Waals surface area contributed by atoms with E-state index in [0.717, 1.165) is 0 Å². The van der Waals surface area contributed by atoms with Gasteiger partial charge < -0.3 is 20.5 Å². The van der Waals surface area contributed by atoms with Crippen LogP contribution in [0.25, 0.3) is 0 Å². The zero-order chi connectivity index (χ0) is 14.3. The van der Waals surface area contributed by atoms with Gasteiger partial charge >= 0.3 is 18.0 Å². The Hall–Kier alpha value is -2.09. The first-order chi connectivity index (χ1) is 9.02. The first-order valence-electron chi connectivity index (χ1n) is 5.42. The number of carbonyl (C=O) groups excluding carboxylic acids is 2. The van der Waals surface area contributed by atoms with E-state index in [2.05, 4.69) is 15.4 Å². The van der Waals surface area contributed by atoms with Crippen LogP contribution in [-0.4, -0.2) is 36.2 Å². The number of carboxylic acids is 1. The third kappa shape index (κ3) is 5.38. The second kappa shape index (κ2) is 7.37. The average molecular weight is 286 g/mol. The molecule has 1 rings (SSSR count). The van der Waals surface area contributed by atoms with E-state index in [0.29, 0.717) is 5.69 Å². The zero-order valence-electron chi connectivity index (χ0n) is 10.2. The number of nitrogens with one attached hydrogen (secondary N) is 2. The molecule has 0 radical (unpaired) electrons. The van der Waals surface area contributed by atoms with E-state index >= 15 is 0 Å². The fourth-order valence-corrected chi connectivity index (χ4v) is 1.87. The molecular formula is C11H14N2O5S. The van der Waals surface area contributed by atoms with E-state index in [9.17, 15) is 14.4 Å². The van der Waals surface area contributed by atoms with Gasteiger partial charge in [-0.3, -0.25) is 4.79 Å². The quantitative estimate of drug-likeness (QED) is 0.683. The predicted molar refractivity (Wildman–Crippen MR) is 69.1 cm³/mol. The molecule has 3 N–H and O–H groups in total. The molecule has 0 unspecified atom stereocenters. The van der Waals surface area contributed by atoms with Crippen LogP contribution in [0.2, 0.25) is 0 Å². The Morgan fingerprint density at radius 3 is 2.74 bits per heavy atom. The third-order valence-corrected chi connectivity index (χ3v) is 2.93. The van der Waals surface area contributed by atoms with Gasteiger partial charge in [-0.25, -0.2) is 9.59 Å². The van der Waals surface area contributed by atoms with Crippen LogP contribution in [0.3, 0.4) is 0 Å². The molecule has 0 aliphatic heterocycles. The van der Waals surface area contributed by atoms with E-state index in [1.807, 2.05) is 0 Å². The maximum absolute atomic E-state index is 11.5. The summed E-state index contributed by atoms with van der Waals surface area (Å²) in [7, 11) is 1.22. The number of aliphatic carboxylic acids is 1. The van der Waals surface area contributed by atoms with Gasteiger partial charge in [0, 0.05) is 11.8 Å². The molecule has 0 aliphatic rings. The number of carbonyl (C=O) groups is 3. The van der Waals surface area contributed by atoms with Crippen molar-refractivity contribution in [3.63, 3.8) is 0 Å². The number of methoxy groups -OCH3 is 1. The Morgan fingerprint density at radius 1 is 1.47 bits per heavy atom. The Bertz CT molecular complexity index is 446. The van der Waals surface area contributed by atoms with Gasteiger partial charge in [0.1, 0.15) is 6.04 Å². The standard InChI is InChI=1S/C11H14N2O5S/c1-18-9(14)3-2-8(10(15)16)13-11(17)12-7-4-5-19-6-7/h4-6,8H,2-3H2,1H3,(H,15,16)(H2,12,13,17)/t8-/m0/s1. The molecule has 0 aromatic carbocycles. The summed E-state index contributed by atoms with van der Waals surface area (Å²) in [6, 6.07) is -0.0810. The van der Waals surface area contributed by atoms with Crippen molar-refractivity contribution in [3.05, 3.63) is 16.8 Å². The van der Waals surface area contributed by atoms with E-state index in [1.54, 1.807) is 16.8 Å². The monoisotopic (exact) mass is 286 g/mol. The smallest absolute Gasteiger partial charge is 0.326 e. The summed E-state index contributed by atoms with van der Waals surface area (Å²) in [5.41, 5.74) is 0.583. The van der Waals surface area contributed by atoms with Crippen LogP contribution < -0.4 is 10.6 Å². The number of hydrogen-bond acceptors (Lipinski definition) is 5. The molecule has 0 saturated carbocycles. The first kappa shape index (κ1) is 15.0. The fourth-order valence-electron chi connectivity index (χ4n) is 1.28. The molecule has 0 bridgehead atoms.